The van der Waals surface area contributed by atoms with Gasteiger partial charge >= 0.3 is 0 Å². The molecule has 1 aliphatic rings. The highest BCUT2D eigenvalue weighted by atomic mass is 35.5. The van der Waals surface area contributed by atoms with Crippen LogP contribution in [-0.4, -0.2) is 33.9 Å². The van der Waals surface area contributed by atoms with Gasteiger partial charge in [0.1, 0.15) is 12.4 Å². The molecule has 142 valence electrons. The Bertz CT molecular complexity index is 1020. The van der Waals surface area contributed by atoms with Crippen molar-refractivity contribution in [2.75, 3.05) is 22.5 Å². The minimum Gasteiger partial charge on any atom is -0.309 e. The molecule has 3 aromatic rings. The molecule has 28 heavy (non-hydrogen) atoms. The number of anilines is 2. The number of thioether (sulfide) groups is 1. The zero-order valence-electron chi connectivity index (χ0n) is 14.8. The van der Waals surface area contributed by atoms with Crippen LogP contribution in [0.25, 0.3) is 0 Å². The van der Waals surface area contributed by atoms with Gasteiger partial charge in [-0.2, -0.15) is 5.10 Å². The van der Waals surface area contributed by atoms with E-state index in [9.17, 15) is 9.59 Å². The van der Waals surface area contributed by atoms with Gasteiger partial charge in [-0.3, -0.25) is 9.59 Å². The Kier molecular flexibility index (Phi) is 5.36. The van der Waals surface area contributed by atoms with E-state index in [1.165, 1.54) is 16.7 Å². The van der Waals surface area contributed by atoms with Crippen LogP contribution in [0.3, 0.4) is 0 Å². The topological polar surface area (TPSA) is 67.2 Å². The summed E-state index contributed by atoms with van der Waals surface area (Å²) in [4.78, 5) is 27.5. The van der Waals surface area contributed by atoms with E-state index in [1.807, 2.05) is 48.5 Å². The number of carbonyl (C=O) groups excluding carboxylic acids is 2. The summed E-state index contributed by atoms with van der Waals surface area (Å²) in [5, 5.41) is 7.79. The molecule has 1 aliphatic heterocycles. The second-order valence-corrected chi connectivity index (χ2v) is 7.74. The Hall–Kier alpha value is -2.77. The van der Waals surface area contributed by atoms with Crippen molar-refractivity contribution in [1.82, 2.24) is 9.78 Å². The van der Waals surface area contributed by atoms with Crippen molar-refractivity contribution in [3.8, 4) is 0 Å². The van der Waals surface area contributed by atoms with E-state index in [-0.39, 0.29) is 18.4 Å². The summed E-state index contributed by atoms with van der Waals surface area (Å²) in [5.41, 5.74) is 1.79. The largest absolute Gasteiger partial charge is 0.309 e. The normalized spacial score (nSPS) is 13.3. The standard InChI is InChI=1S/C20H17ClN4O2S/c21-15-7-5-14(6-8-15)11-25-18(9-10-22-25)23-19(26)12-24-16-3-1-2-4-17(16)28-13-20(24)27/h1-10H,11-13H2,(H,23,26). The van der Waals surface area contributed by atoms with Crippen molar-refractivity contribution >= 4 is 46.7 Å². The van der Waals surface area contributed by atoms with Gasteiger partial charge in [0.2, 0.25) is 11.8 Å². The van der Waals surface area contributed by atoms with Gasteiger partial charge in [0.25, 0.3) is 0 Å². The molecule has 1 aromatic heterocycles. The van der Waals surface area contributed by atoms with E-state index in [0.29, 0.717) is 23.1 Å². The lowest BCUT2D eigenvalue weighted by Gasteiger charge is -2.28. The summed E-state index contributed by atoms with van der Waals surface area (Å²) >= 11 is 7.41. The molecule has 0 fully saturated rings. The van der Waals surface area contributed by atoms with Gasteiger partial charge in [-0.1, -0.05) is 35.9 Å². The molecule has 0 aliphatic carbocycles. The molecule has 0 spiro atoms. The van der Waals surface area contributed by atoms with Crippen LogP contribution in [0.4, 0.5) is 11.5 Å². The van der Waals surface area contributed by atoms with Gasteiger partial charge < -0.3 is 10.2 Å². The van der Waals surface area contributed by atoms with Crippen LogP contribution in [-0.2, 0) is 16.1 Å². The molecule has 0 saturated heterocycles. The minimum atomic E-state index is -0.270. The van der Waals surface area contributed by atoms with Crippen LogP contribution in [0.2, 0.25) is 5.02 Å². The molecule has 2 aromatic carbocycles. The molecule has 6 nitrogen and oxygen atoms in total. The van der Waals surface area contributed by atoms with Crippen molar-refractivity contribution in [1.29, 1.82) is 0 Å². The zero-order chi connectivity index (χ0) is 19.5. The predicted molar refractivity (Wildman–Crippen MR) is 111 cm³/mol. The first-order valence-corrected chi connectivity index (χ1v) is 10.0. The van der Waals surface area contributed by atoms with Gasteiger partial charge in [-0.15, -0.1) is 11.8 Å². The Labute approximate surface area is 171 Å². The average molecular weight is 413 g/mol. The van der Waals surface area contributed by atoms with E-state index in [0.717, 1.165) is 16.1 Å². The van der Waals surface area contributed by atoms with Gasteiger partial charge in [-0.05, 0) is 29.8 Å². The molecule has 0 bridgehead atoms. The molecule has 2 heterocycles. The summed E-state index contributed by atoms with van der Waals surface area (Å²) in [6.07, 6.45) is 1.63. The number of halogens is 1. The minimum absolute atomic E-state index is 0.0392. The summed E-state index contributed by atoms with van der Waals surface area (Å²) < 4.78 is 1.70. The number of hydrogen-bond donors (Lipinski definition) is 1. The molecular formula is C20H17ClN4O2S. The zero-order valence-corrected chi connectivity index (χ0v) is 16.4. The summed E-state index contributed by atoms with van der Waals surface area (Å²) in [6, 6.07) is 16.8. The SMILES string of the molecule is O=C(CN1C(=O)CSc2ccccc21)Nc1ccnn1Cc1ccc(Cl)cc1. The number of nitrogens with one attached hydrogen (secondary N) is 1. The molecule has 0 radical (unpaired) electrons. The summed E-state index contributed by atoms with van der Waals surface area (Å²) in [6.45, 7) is 0.463. The second-order valence-electron chi connectivity index (χ2n) is 6.29. The first-order chi connectivity index (χ1) is 13.6. The Morgan fingerprint density at radius 1 is 1.14 bits per heavy atom. The number of fused-ring (bicyclic) bond motifs is 1. The molecule has 0 unspecified atom stereocenters. The molecule has 2 amide bonds. The maximum absolute atomic E-state index is 12.6. The van der Waals surface area contributed by atoms with Crippen molar-refractivity contribution < 1.29 is 9.59 Å². The Balaban J connectivity index is 1.46. The number of carbonyl (C=O) groups is 2. The lowest BCUT2D eigenvalue weighted by molar-refractivity contribution is -0.120. The lowest BCUT2D eigenvalue weighted by atomic mass is 10.2. The summed E-state index contributed by atoms with van der Waals surface area (Å²) in [5.74, 6) is 0.562. The molecule has 0 atom stereocenters. The van der Waals surface area contributed by atoms with Crippen molar-refractivity contribution in [3.05, 3.63) is 71.4 Å². The lowest BCUT2D eigenvalue weighted by Crippen LogP contribution is -2.41. The number of nitrogens with zero attached hydrogens (tertiary/aromatic N) is 3. The van der Waals surface area contributed by atoms with Crippen molar-refractivity contribution in [2.24, 2.45) is 0 Å². The fraction of sp³-hybridized carbons (Fsp3) is 0.150. The van der Waals surface area contributed by atoms with Gasteiger partial charge in [0.15, 0.2) is 0 Å². The number of hydrogen-bond acceptors (Lipinski definition) is 4. The van der Waals surface area contributed by atoms with E-state index < -0.39 is 0 Å². The van der Waals surface area contributed by atoms with Crippen LogP contribution in [0.5, 0.6) is 0 Å². The quantitative estimate of drug-likeness (QED) is 0.694. The van der Waals surface area contributed by atoms with Crippen LogP contribution in [0.1, 0.15) is 5.56 Å². The van der Waals surface area contributed by atoms with E-state index in [1.54, 1.807) is 16.9 Å². The smallest absolute Gasteiger partial charge is 0.245 e. The highest BCUT2D eigenvalue weighted by molar-refractivity contribution is 8.00. The number of para-hydroxylation sites is 1. The van der Waals surface area contributed by atoms with Crippen molar-refractivity contribution in [2.45, 2.75) is 11.4 Å². The predicted octanol–water partition coefficient (Wildman–Crippen LogP) is 3.66. The van der Waals surface area contributed by atoms with Crippen molar-refractivity contribution in [3.63, 3.8) is 0 Å². The number of benzene rings is 2. The molecular weight excluding hydrogens is 396 g/mol. The second kappa shape index (κ2) is 8.08. The molecule has 0 saturated carbocycles. The number of rotatable bonds is 5. The fourth-order valence-electron chi connectivity index (χ4n) is 2.98. The molecule has 4 rings (SSSR count). The third kappa shape index (κ3) is 4.05. The third-order valence-corrected chi connectivity index (χ3v) is 5.64. The van der Waals surface area contributed by atoms with E-state index >= 15 is 0 Å². The van der Waals surface area contributed by atoms with Crippen LogP contribution in [0, 0.1) is 0 Å². The van der Waals surface area contributed by atoms with Gasteiger partial charge in [0.05, 0.1) is 24.2 Å². The van der Waals surface area contributed by atoms with Crippen LogP contribution < -0.4 is 10.2 Å². The molecule has 8 heteroatoms. The number of aromatic nitrogens is 2. The Morgan fingerprint density at radius 3 is 2.75 bits per heavy atom. The third-order valence-electron chi connectivity index (χ3n) is 4.34. The maximum atomic E-state index is 12.6. The Morgan fingerprint density at radius 2 is 1.93 bits per heavy atom. The van der Waals surface area contributed by atoms with E-state index in [2.05, 4.69) is 10.4 Å². The van der Waals surface area contributed by atoms with E-state index in [4.69, 9.17) is 11.6 Å². The fourth-order valence-corrected chi connectivity index (χ4v) is 4.04. The van der Waals surface area contributed by atoms with Gasteiger partial charge in [0, 0.05) is 16.0 Å². The first kappa shape index (κ1) is 18.6. The van der Waals surface area contributed by atoms with Crippen LogP contribution >= 0.6 is 23.4 Å². The highest BCUT2D eigenvalue weighted by Gasteiger charge is 2.26. The maximum Gasteiger partial charge on any atom is 0.245 e. The number of amides is 2. The average Bonchev–Trinajstić information content (AvgIpc) is 3.12. The van der Waals surface area contributed by atoms with Gasteiger partial charge in [-0.25, -0.2) is 4.68 Å². The molecule has 1 N–H and O–H groups in total. The monoisotopic (exact) mass is 412 g/mol. The first-order valence-electron chi connectivity index (χ1n) is 8.68. The summed E-state index contributed by atoms with van der Waals surface area (Å²) in [7, 11) is 0. The highest BCUT2D eigenvalue weighted by Crippen LogP contribution is 2.34. The van der Waals surface area contributed by atoms with Crippen LogP contribution in [0.15, 0.2) is 65.7 Å².